The van der Waals surface area contributed by atoms with Gasteiger partial charge in [-0.1, -0.05) is 49.2 Å². The zero-order valence-electron chi connectivity index (χ0n) is 10.9. The molecule has 0 aliphatic heterocycles. The molecule has 1 heterocycles. The quantitative estimate of drug-likeness (QED) is 0.645. The zero-order chi connectivity index (χ0) is 13.2. The molecule has 0 aliphatic carbocycles. The highest BCUT2D eigenvalue weighted by Crippen LogP contribution is 2.34. The van der Waals surface area contributed by atoms with E-state index in [0.29, 0.717) is 0 Å². The third-order valence-electron chi connectivity index (χ3n) is 3.47. The number of benzene rings is 2. The van der Waals surface area contributed by atoms with Gasteiger partial charge in [0.2, 0.25) is 0 Å². The summed E-state index contributed by atoms with van der Waals surface area (Å²) >= 11 is 0. The Labute approximate surface area is 113 Å². The fourth-order valence-corrected chi connectivity index (χ4v) is 2.61. The Morgan fingerprint density at radius 2 is 1.84 bits per heavy atom. The van der Waals surface area contributed by atoms with Crippen molar-refractivity contribution >= 4 is 10.9 Å². The fourth-order valence-electron chi connectivity index (χ4n) is 2.61. The van der Waals surface area contributed by atoms with Gasteiger partial charge in [-0.25, -0.2) is 0 Å². The van der Waals surface area contributed by atoms with E-state index in [1.54, 1.807) is 0 Å². The minimum Gasteiger partial charge on any atom is -0.358 e. The molecule has 2 aromatic carbocycles. The van der Waals surface area contributed by atoms with Crippen molar-refractivity contribution in [2.45, 2.75) is 13.3 Å². The Bertz CT molecular complexity index is 757. The maximum absolute atomic E-state index is 5.65. The van der Waals surface area contributed by atoms with Crippen LogP contribution in [0.2, 0.25) is 0 Å². The smallest absolute Gasteiger partial charge is 0.0475 e. The van der Waals surface area contributed by atoms with E-state index in [4.69, 9.17) is 6.42 Å². The van der Waals surface area contributed by atoms with Crippen LogP contribution < -0.4 is 0 Å². The molecule has 0 saturated heterocycles. The number of terminal acetylenes is 1. The second-order valence-electron chi connectivity index (χ2n) is 4.57. The van der Waals surface area contributed by atoms with Gasteiger partial charge >= 0.3 is 0 Å². The van der Waals surface area contributed by atoms with Gasteiger partial charge in [0.05, 0.1) is 0 Å². The highest BCUT2D eigenvalue weighted by molar-refractivity contribution is 6.01. The minimum atomic E-state index is 0.951. The first-order chi connectivity index (χ1) is 9.35. The lowest BCUT2D eigenvalue weighted by molar-refractivity contribution is 1.08. The molecule has 92 valence electrons. The van der Waals surface area contributed by atoms with Gasteiger partial charge in [-0.2, -0.15) is 0 Å². The average Bonchev–Trinajstić information content (AvgIpc) is 2.86. The number of H-pyrrole nitrogens is 1. The Kier molecular flexibility index (Phi) is 2.85. The maximum atomic E-state index is 5.65. The molecule has 0 fully saturated rings. The van der Waals surface area contributed by atoms with E-state index < -0.39 is 0 Å². The highest BCUT2D eigenvalue weighted by atomic mass is 14.7. The fraction of sp³-hybridized carbons (Fsp3) is 0.111. The van der Waals surface area contributed by atoms with Crippen LogP contribution in [0.4, 0.5) is 0 Å². The molecule has 0 atom stereocenters. The summed E-state index contributed by atoms with van der Waals surface area (Å²) < 4.78 is 0. The van der Waals surface area contributed by atoms with Crippen LogP contribution in [0.5, 0.6) is 0 Å². The number of aromatic nitrogens is 1. The molecule has 0 radical (unpaired) electrons. The van der Waals surface area contributed by atoms with Crippen molar-refractivity contribution in [1.29, 1.82) is 0 Å². The zero-order valence-corrected chi connectivity index (χ0v) is 10.9. The van der Waals surface area contributed by atoms with E-state index in [0.717, 1.165) is 22.9 Å². The lowest BCUT2D eigenvalue weighted by atomic mass is 9.98. The second-order valence-corrected chi connectivity index (χ2v) is 4.57. The molecule has 1 nitrogen and oxygen atoms in total. The van der Waals surface area contributed by atoms with E-state index in [-0.39, 0.29) is 0 Å². The largest absolute Gasteiger partial charge is 0.358 e. The number of aromatic amines is 1. The molecule has 1 aromatic heterocycles. The Hall–Kier alpha value is -2.46. The summed E-state index contributed by atoms with van der Waals surface area (Å²) in [6.07, 6.45) is 6.61. The van der Waals surface area contributed by atoms with E-state index >= 15 is 0 Å². The monoisotopic (exact) mass is 245 g/mol. The normalized spacial score (nSPS) is 10.5. The number of rotatable bonds is 2. The van der Waals surface area contributed by atoms with Gasteiger partial charge in [-0.15, -0.1) is 6.42 Å². The van der Waals surface area contributed by atoms with Crippen molar-refractivity contribution in [3.05, 3.63) is 59.8 Å². The molecule has 0 bridgehead atoms. The number of hydrogen-bond acceptors (Lipinski definition) is 0. The maximum Gasteiger partial charge on any atom is 0.0475 e. The lowest BCUT2D eigenvalue weighted by Gasteiger charge is -2.04. The standard InChI is InChI=1S/C18H15N/c1-3-13-11-8-12-16-17(13)18(15(4-2)19-16)14-9-6-5-7-10-14/h1,5-12,19H,4H2,2H3. The van der Waals surface area contributed by atoms with Gasteiger partial charge in [0, 0.05) is 27.7 Å². The number of fused-ring (bicyclic) bond motifs is 1. The minimum absolute atomic E-state index is 0.951. The molecule has 0 saturated carbocycles. The van der Waals surface area contributed by atoms with Gasteiger partial charge in [0.15, 0.2) is 0 Å². The SMILES string of the molecule is C#Cc1cccc2[nH]c(CC)c(-c3ccccc3)c12. The van der Waals surface area contributed by atoms with Crippen LogP contribution in [0.15, 0.2) is 48.5 Å². The van der Waals surface area contributed by atoms with Crippen molar-refractivity contribution in [1.82, 2.24) is 4.98 Å². The van der Waals surface area contributed by atoms with Gasteiger partial charge in [0.1, 0.15) is 0 Å². The lowest BCUT2D eigenvalue weighted by Crippen LogP contribution is -1.85. The number of nitrogens with one attached hydrogen (secondary N) is 1. The molecule has 3 aromatic rings. The van der Waals surface area contributed by atoms with Crippen LogP contribution in [-0.2, 0) is 6.42 Å². The molecule has 19 heavy (non-hydrogen) atoms. The molecule has 0 unspecified atom stereocenters. The van der Waals surface area contributed by atoms with Gasteiger partial charge in [-0.3, -0.25) is 0 Å². The first-order valence-electron chi connectivity index (χ1n) is 6.50. The third kappa shape index (κ3) is 1.82. The summed E-state index contributed by atoms with van der Waals surface area (Å²) in [6, 6.07) is 16.5. The average molecular weight is 245 g/mol. The number of hydrogen-bond donors (Lipinski definition) is 1. The third-order valence-corrected chi connectivity index (χ3v) is 3.47. The van der Waals surface area contributed by atoms with Crippen molar-refractivity contribution in [3.8, 4) is 23.5 Å². The molecular weight excluding hydrogens is 230 g/mol. The molecule has 0 aliphatic rings. The van der Waals surface area contributed by atoms with Crippen molar-refractivity contribution in [3.63, 3.8) is 0 Å². The molecule has 3 rings (SSSR count). The molecule has 0 spiro atoms. The topological polar surface area (TPSA) is 15.8 Å². The van der Waals surface area contributed by atoms with E-state index in [2.05, 4.69) is 48.2 Å². The Balaban J connectivity index is 2.42. The summed E-state index contributed by atoms with van der Waals surface area (Å²) in [6.45, 7) is 2.16. The van der Waals surface area contributed by atoms with E-state index in [9.17, 15) is 0 Å². The summed E-state index contributed by atoms with van der Waals surface area (Å²) in [5.74, 6) is 2.80. The second kappa shape index (κ2) is 4.66. The molecule has 1 heteroatoms. The molecular formula is C18H15N. The summed E-state index contributed by atoms with van der Waals surface area (Å²) in [5.41, 5.74) is 5.77. The molecule has 0 amide bonds. The summed E-state index contributed by atoms with van der Waals surface area (Å²) in [5, 5.41) is 1.16. The van der Waals surface area contributed by atoms with Crippen LogP contribution in [0.25, 0.3) is 22.0 Å². The predicted molar refractivity (Wildman–Crippen MR) is 81.0 cm³/mol. The first kappa shape index (κ1) is 11.6. The van der Waals surface area contributed by atoms with Crippen molar-refractivity contribution in [2.75, 3.05) is 0 Å². The predicted octanol–water partition coefficient (Wildman–Crippen LogP) is 4.38. The van der Waals surface area contributed by atoms with E-state index in [1.807, 2.05) is 18.2 Å². The van der Waals surface area contributed by atoms with Crippen molar-refractivity contribution in [2.24, 2.45) is 0 Å². The van der Waals surface area contributed by atoms with E-state index in [1.165, 1.54) is 16.8 Å². The van der Waals surface area contributed by atoms with Crippen LogP contribution in [0.3, 0.4) is 0 Å². The van der Waals surface area contributed by atoms with Crippen LogP contribution in [0.1, 0.15) is 18.2 Å². The highest BCUT2D eigenvalue weighted by Gasteiger charge is 2.14. The van der Waals surface area contributed by atoms with Crippen LogP contribution >= 0.6 is 0 Å². The van der Waals surface area contributed by atoms with Crippen molar-refractivity contribution < 1.29 is 0 Å². The van der Waals surface area contributed by atoms with Gasteiger partial charge < -0.3 is 4.98 Å². The Morgan fingerprint density at radius 1 is 1.05 bits per heavy atom. The molecule has 1 N–H and O–H groups in total. The first-order valence-corrected chi connectivity index (χ1v) is 6.50. The van der Waals surface area contributed by atoms with Gasteiger partial charge in [0.25, 0.3) is 0 Å². The summed E-state index contributed by atoms with van der Waals surface area (Å²) in [4.78, 5) is 3.49. The van der Waals surface area contributed by atoms with Gasteiger partial charge in [-0.05, 0) is 24.1 Å². The van der Waals surface area contributed by atoms with Crippen LogP contribution in [-0.4, -0.2) is 4.98 Å². The number of aryl methyl sites for hydroxylation is 1. The Morgan fingerprint density at radius 3 is 2.53 bits per heavy atom. The van der Waals surface area contributed by atoms with Crippen LogP contribution in [0, 0.1) is 12.3 Å². The summed E-state index contributed by atoms with van der Waals surface area (Å²) in [7, 11) is 0.